The monoisotopic (exact) mass is 680 g/mol. The highest BCUT2D eigenvalue weighted by molar-refractivity contribution is 6.04. The molecule has 0 spiro atoms. The third kappa shape index (κ3) is 11.5. The number of aromatic nitrogens is 1. The second kappa shape index (κ2) is 18.9. The minimum atomic E-state index is -0.998. The molecule has 1 atom stereocenters. The van der Waals surface area contributed by atoms with Crippen LogP contribution in [0.1, 0.15) is 87.1 Å². The van der Waals surface area contributed by atoms with Crippen molar-refractivity contribution in [2.24, 2.45) is 0 Å². The first-order valence-corrected chi connectivity index (χ1v) is 18.2. The number of oxazole rings is 1. The van der Waals surface area contributed by atoms with Crippen molar-refractivity contribution in [1.29, 1.82) is 0 Å². The number of carbonyl (C=O) groups excluding carboxylic acids is 1. The number of nitrogens with zero attached hydrogens (tertiary/aromatic N) is 2. The van der Waals surface area contributed by atoms with E-state index in [1.165, 1.54) is 70.3 Å². The van der Waals surface area contributed by atoms with E-state index in [1.807, 2.05) is 66.5 Å². The number of fused-ring (bicyclic) bond motifs is 1. The van der Waals surface area contributed by atoms with Gasteiger partial charge in [-0.05, 0) is 62.4 Å². The molecule has 266 valence electrons. The first-order valence-electron chi connectivity index (χ1n) is 18.2. The summed E-state index contributed by atoms with van der Waals surface area (Å²) >= 11 is 0. The summed E-state index contributed by atoms with van der Waals surface area (Å²) < 4.78 is 11.6. The van der Waals surface area contributed by atoms with Gasteiger partial charge in [-0.15, -0.1) is 0 Å². The fraction of sp³-hybridized carbons (Fsp3) is 0.439. The topological polar surface area (TPSA) is 117 Å². The van der Waals surface area contributed by atoms with Crippen LogP contribution in [0.25, 0.3) is 11.1 Å². The number of carbonyl (C=O) groups is 2. The second-order valence-corrected chi connectivity index (χ2v) is 13.5. The molecule has 9 nitrogen and oxygen atoms in total. The van der Waals surface area contributed by atoms with Crippen molar-refractivity contribution in [3.63, 3.8) is 0 Å². The highest BCUT2D eigenvalue weighted by Gasteiger charge is 2.20. The molecular weight excluding hydrogens is 628 g/mol. The van der Waals surface area contributed by atoms with Crippen molar-refractivity contribution in [3.8, 4) is 5.75 Å². The van der Waals surface area contributed by atoms with Gasteiger partial charge in [0.25, 0.3) is 6.01 Å². The van der Waals surface area contributed by atoms with E-state index in [-0.39, 0.29) is 12.2 Å². The van der Waals surface area contributed by atoms with Crippen LogP contribution in [0.2, 0.25) is 0 Å². The normalized spacial score (nSPS) is 16.2. The first kappa shape index (κ1) is 36.6. The number of aliphatic carboxylic acids is 1. The van der Waals surface area contributed by atoms with Crippen LogP contribution >= 0.6 is 0 Å². The van der Waals surface area contributed by atoms with E-state index in [0.717, 1.165) is 28.7 Å². The van der Waals surface area contributed by atoms with Crippen LogP contribution in [0.4, 0.5) is 6.01 Å². The highest BCUT2D eigenvalue weighted by atomic mass is 16.5. The molecule has 0 saturated heterocycles. The zero-order valence-electron chi connectivity index (χ0n) is 29.5. The van der Waals surface area contributed by atoms with E-state index in [1.54, 1.807) is 31.2 Å². The fourth-order valence-corrected chi connectivity index (χ4v) is 6.65. The first-order chi connectivity index (χ1) is 24.3. The van der Waals surface area contributed by atoms with E-state index in [0.29, 0.717) is 36.2 Å². The number of rotatable bonds is 14. The molecule has 2 saturated carbocycles. The molecule has 0 amide bonds. The fourth-order valence-electron chi connectivity index (χ4n) is 6.65. The summed E-state index contributed by atoms with van der Waals surface area (Å²) in [5, 5.41) is 16.5. The number of hydrogen-bond donors (Lipinski definition) is 3. The Hall–Kier alpha value is -4.63. The van der Waals surface area contributed by atoms with Crippen molar-refractivity contribution in [2.75, 3.05) is 25.1 Å². The van der Waals surface area contributed by atoms with Crippen LogP contribution in [-0.2, 0) is 11.2 Å². The molecule has 3 N–H and O–H groups in total. The van der Waals surface area contributed by atoms with Gasteiger partial charge in [0.1, 0.15) is 23.9 Å². The summed E-state index contributed by atoms with van der Waals surface area (Å²) in [6.07, 6.45) is 16.2. The summed E-state index contributed by atoms with van der Waals surface area (Å²) in [7, 11) is 1.89. The lowest BCUT2D eigenvalue weighted by molar-refractivity contribution is -0.139. The van der Waals surface area contributed by atoms with Crippen molar-refractivity contribution in [1.82, 2.24) is 15.6 Å². The number of likely N-dealkylation sites (N-methyl/N-ethyl adjacent to an activating group) is 1. The van der Waals surface area contributed by atoms with Gasteiger partial charge in [0, 0.05) is 42.9 Å². The van der Waals surface area contributed by atoms with Crippen LogP contribution in [0.3, 0.4) is 0 Å². The molecule has 9 heteroatoms. The van der Waals surface area contributed by atoms with E-state index < -0.39 is 12.0 Å². The number of para-hydroxylation sites is 2. The maximum atomic E-state index is 12.4. The number of carboxylic acid groups (broad SMARTS) is 1. The minimum absolute atomic E-state index is 0.182. The Morgan fingerprint density at radius 2 is 1.52 bits per heavy atom. The molecule has 0 unspecified atom stereocenters. The lowest BCUT2D eigenvalue weighted by Crippen LogP contribution is -2.40. The summed E-state index contributed by atoms with van der Waals surface area (Å²) in [4.78, 5) is 30.5. The SMILES string of the molecule is C1CCC(NC2CCCCC2)CC1.CC(=CC(=O)c1ccccc1)N[C@@H](Cc1ccc(OCCN(C)c2nc3ccccc3o2)cc1)C(=O)O. The molecule has 1 heterocycles. The third-order valence-electron chi connectivity index (χ3n) is 9.46. The molecule has 4 aromatic rings. The van der Waals surface area contributed by atoms with Gasteiger partial charge < -0.3 is 29.8 Å². The number of nitrogens with one attached hydrogen (secondary N) is 2. The summed E-state index contributed by atoms with van der Waals surface area (Å²) in [5.74, 6) is -0.500. The maximum Gasteiger partial charge on any atom is 0.326 e. The largest absolute Gasteiger partial charge is 0.492 e. The molecule has 3 aromatic carbocycles. The molecular formula is C41H52N4O5. The Balaban J connectivity index is 0.000000311. The quantitative estimate of drug-likeness (QED) is 0.0901. The molecule has 50 heavy (non-hydrogen) atoms. The number of allylic oxidation sites excluding steroid dienone is 2. The molecule has 0 aliphatic heterocycles. The van der Waals surface area contributed by atoms with Gasteiger partial charge in [0.15, 0.2) is 11.4 Å². The van der Waals surface area contributed by atoms with Gasteiger partial charge in [-0.1, -0.05) is 93.1 Å². The number of anilines is 1. The molecule has 0 radical (unpaired) electrons. The van der Waals surface area contributed by atoms with Gasteiger partial charge in [-0.25, -0.2) is 4.79 Å². The molecule has 2 aliphatic rings. The Morgan fingerprint density at radius 1 is 0.900 bits per heavy atom. The number of benzene rings is 3. The van der Waals surface area contributed by atoms with Crippen molar-refractivity contribution in [3.05, 3.63) is 102 Å². The highest BCUT2D eigenvalue weighted by Crippen LogP contribution is 2.23. The lowest BCUT2D eigenvalue weighted by Gasteiger charge is -2.30. The summed E-state index contributed by atoms with van der Waals surface area (Å²) in [6, 6.07) is 25.2. The Bertz CT molecular complexity index is 1610. The van der Waals surface area contributed by atoms with Crippen LogP contribution in [0, 0.1) is 0 Å². The average molecular weight is 681 g/mol. The lowest BCUT2D eigenvalue weighted by atomic mass is 9.91. The Labute approximate surface area is 296 Å². The zero-order chi connectivity index (χ0) is 35.1. The number of hydrogen-bond acceptors (Lipinski definition) is 8. The van der Waals surface area contributed by atoms with E-state index in [2.05, 4.69) is 15.6 Å². The smallest absolute Gasteiger partial charge is 0.326 e. The molecule has 6 rings (SSSR count). The zero-order valence-corrected chi connectivity index (χ0v) is 29.5. The average Bonchev–Trinajstić information content (AvgIpc) is 3.58. The van der Waals surface area contributed by atoms with Crippen molar-refractivity contribution >= 4 is 28.9 Å². The molecule has 2 fully saturated rings. The van der Waals surface area contributed by atoms with Crippen molar-refractivity contribution < 1.29 is 23.8 Å². The van der Waals surface area contributed by atoms with Gasteiger partial charge in [-0.2, -0.15) is 4.98 Å². The molecule has 0 bridgehead atoms. The number of carboxylic acids is 1. The van der Waals surface area contributed by atoms with E-state index in [4.69, 9.17) is 9.15 Å². The van der Waals surface area contributed by atoms with Gasteiger partial charge in [0.05, 0.1) is 6.54 Å². The van der Waals surface area contributed by atoms with Gasteiger partial charge in [0.2, 0.25) is 0 Å². The Morgan fingerprint density at radius 3 is 2.14 bits per heavy atom. The predicted octanol–water partition coefficient (Wildman–Crippen LogP) is 7.96. The number of ether oxygens (including phenoxy) is 1. The van der Waals surface area contributed by atoms with Crippen LogP contribution in [-0.4, -0.2) is 60.2 Å². The summed E-state index contributed by atoms with van der Waals surface area (Å²) in [6.45, 7) is 2.69. The molecule has 1 aromatic heterocycles. The van der Waals surface area contributed by atoms with E-state index >= 15 is 0 Å². The van der Waals surface area contributed by atoms with Gasteiger partial charge in [-0.3, -0.25) is 4.79 Å². The van der Waals surface area contributed by atoms with Crippen LogP contribution in [0.5, 0.6) is 5.75 Å². The van der Waals surface area contributed by atoms with Crippen LogP contribution in [0.15, 0.2) is 95.1 Å². The predicted molar refractivity (Wildman–Crippen MR) is 199 cm³/mol. The van der Waals surface area contributed by atoms with Crippen LogP contribution < -0.4 is 20.3 Å². The third-order valence-corrected chi connectivity index (χ3v) is 9.46. The second-order valence-electron chi connectivity index (χ2n) is 13.5. The Kier molecular flexibility index (Phi) is 13.9. The van der Waals surface area contributed by atoms with E-state index in [9.17, 15) is 14.7 Å². The standard InChI is InChI=1S/C29H29N3O5.C12H23N/c1-20(18-26(33)22-8-4-3-5-9-22)30-25(28(34)35)19-21-12-14-23(15-13-21)36-17-16-32(2)29-31-24-10-6-7-11-27(24)37-29;1-3-7-11(8-4-1)13-12-9-5-2-6-10-12/h3-15,18,25,30H,16-17,19H2,1-2H3,(H,34,35);11-13H,1-10H2/t25-;/m0./s1. The minimum Gasteiger partial charge on any atom is -0.492 e. The summed E-state index contributed by atoms with van der Waals surface area (Å²) in [5.41, 5.74) is 3.42. The van der Waals surface area contributed by atoms with Gasteiger partial charge >= 0.3 is 5.97 Å². The molecule has 2 aliphatic carbocycles. The number of ketones is 1. The maximum absolute atomic E-state index is 12.4. The van der Waals surface area contributed by atoms with Crippen molar-refractivity contribution in [2.45, 2.75) is 95.7 Å².